The maximum Gasteiger partial charge on any atom is 0.321 e. The fraction of sp³-hybridized carbons (Fsp3) is 0.579. The molecule has 2 rings (SSSR count). The molecule has 3 amide bonds. The first-order valence-corrected chi connectivity index (χ1v) is 8.93. The SMILES string of the molecule is COc1ccccc1CC1CCCN1CC(=O)NC(=O)NCC(C)C. The number of urea groups is 1. The first-order valence-electron chi connectivity index (χ1n) is 8.93. The van der Waals surface area contributed by atoms with Gasteiger partial charge in [0.2, 0.25) is 5.91 Å². The number of rotatable bonds is 7. The van der Waals surface area contributed by atoms with Crippen LogP contribution in [0.25, 0.3) is 0 Å². The molecule has 6 nitrogen and oxygen atoms in total. The molecular weight excluding hydrogens is 318 g/mol. The number of para-hydroxylation sites is 1. The smallest absolute Gasteiger partial charge is 0.321 e. The third-order valence-corrected chi connectivity index (χ3v) is 4.42. The van der Waals surface area contributed by atoms with Crippen LogP contribution in [0, 0.1) is 5.92 Å². The molecule has 1 aromatic carbocycles. The Bertz CT molecular complexity index is 589. The number of ether oxygens (including phenoxy) is 1. The van der Waals surface area contributed by atoms with E-state index in [0.717, 1.165) is 37.1 Å². The molecule has 138 valence electrons. The predicted molar refractivity (Wildman–Crippen MR) is 97.7 cm³/mol. The second-order valence-electron chi connectivity index (χ2n) is 6.93. The zero-order valence-corrected chi connectivity index (χ0v) is 15.4. The molecule has 0 saturated carbocycles. The number of likely N-dealkylation sites (tertiary alicyclic amines) is 1. The zero-order valence-electron chi connectivity index (χ0n) is 15.4. The van der Waals surface area contributed by atoms with Crippen molar-refractivity contribution >= 4 is 11.9 Å². The van der Waals surface area contributed by atoms with Gasteiger partial charge in [0.1, 0.15) is 5.75 Å². The van der Waals surface area contributed by atoms with Crippen molar-refractivity contribution in [2.75, 3.05) is 26.7 Å². The van der Waals surface area contributed by atoms with Crippen LogP contribution < -0.4 is 15.4 Å². The molecule has 1 unspecified atom stereocenters. The Kier molecular flexibility index (Phi) is 7.25. The lowest BCUT2D eigenvalue weighted by Crippen LogP contribution is -2.46. The number of hydrogen-bond donors (Lipinski definition) is 2. The highest BCUT2D eigenvalue weighted by Gasteiger charge is 2.27. The standard InChI is InChI=1S/C19H29N3O3/c1-14(2)12-20-19(24)21-18(23)13-22-10-6-8-16(22)11-15-7-4-5-9-17(15)25-3/h4-5,7,9,14,16H,6,8,10-13H2,1-3H3,(H2,20,21,23,24). The highest BCUT2D eigenvalue weighted by Crippen LogP contribution is 2.25. The van der Waals surface area contributed by atoms with E-state index in [-0.39, 0.29) is 12.5 Å². The van der Waals surface area contributed by atoms with E-state index in [0.29, 0.717) is 18.5 Å². The van der Waals surface area contributed by atoms with E-state index in [4.69, 9.17) is 4.74 Å². The Hall–Kier alpha value is -2.08. The minimum Gasteiger partial charge on any atom is -0.496 e. The summed E-state index contributed by atoms with van der Waals surface area (Å²) in [4.78, 5) is 26.0. The van der Waals surface area contributed by atoms with Crippen LogP contribution in [0.2, 0.25) is 0 Å². The van der Waals surface area contributed by atoms with Gasteiger partial charge in [-0.15, -0.1) is 0 Å². The normalized spacial score (nSPS) is 17.5. The summed E-state index contributed by atoms with van der Waals surface area (Å²) in [5, 5.41) is 5.11. The Morgan fingerprint density at radius 3 is 2.80 bits per heavy atom. The average Bonchev–Trinajstić information content (AvgIpc) is 3.00. The minimum atomic E-state index is -0.417. The Labute approximate surface area is 149 Å². The maximum atomic E-state index is 12.1. The number of carbonyl (C=O) groups excluding carboxylic acids is 2. The van der Waals surface area contributed by atoms with Crippen molar-refractivity contribution < 1.29 is 14.3 Å². The molecule has 1 fully saturated rings. The zero-order chi connectivity index (χ0) is 18.2. The topological polar surface area (TPSA) is 70.7 Å². The molecule has 1 aliphatic rings. The van der Waals surface area contributed by atoms with Gasteiger partial charge in [0, 0.05) is 12.6 Å². The van der Waals surface area contributed by atoms with Crippen molar-refractivity contribution in [2.45, 2.75) is 39.2 Å². The number of nitrogens with one attached hydrogen (secondary N) is 2. The second kappa shape index (κ2) is 9.42. The quantitative estimate of drug-likeness (QED) is 0.793. The van der Waals surface area contributed by atoms with Gasteiger partial charge in [0.15, 0.2) is 0 Å². The van der Waals surface area contributed by atoms with Crippen LogP contribution in [0.15, 0.2) is 24.3 Å². The first-order chi connectivity index (χ1) is 12.0. The summed E-state index contributed by atoms with van der Waals surface area (Å²) in [5.74, 6) is 0.977. The molecule has 2 N–H and O–H groups in total. The molecule has 0 aromatic heterocycles. The summed E-state index contributed by atoms with van der Waals surface area (Å²) in [5.41, 5.74) is 1.15. The number of imide groups is 1. The largest absolute Gasteiger partial charge is 0.496 e. The monoisotopic (exact) mass is 347 g/mol. The fourth-order valence-electron chi connectivity index (χ4n) is 3.15. The molecule has 6 heteroatoms. The third kappa shape index (κ3) is 6.05. The lowest BCUT2D eigenvalue weighted by Gasteiger charge is -2.24. The van der Waals surface area contributed by atoms with E-state index >= 15 is 0 Å². The van der Waals surface area contributed by atoms with Gasteiger partial charge in [-0.1, -0.05) is 32.0 Å². The maximum absolute atomic E-state index is 12.1. The van der Waals surface area contributed by atoms with Gasteiger partial charge in [0.25, 0.3) is 0 Å². The summed E-state index contributed by atoms with van der Waals surface area (Å²) in [6, 6.07) is 7.86. The highest BCUT2D eigenvalue weighted by molar-refractivity contribution is 5.95. The number of nitrogens with zero attached hydrogens (tertiary/aromatic N) is 1. The molecule has 0 aliphatic carbocycles. The molecule has 0 radical (unpaired) electrons. The molecule has 1 aliphatic heterocycles. The van der Waals surface area contributed by atoms with E-state index in [9.17, 15) is 9.59 Å². The van der Waals surface area contributed by atoms with Crippen molar-refractivity contribution in [1.29, 1.82) is 0 Å². The summed E-state index contributed by atoms with van der Waals surface area (Å²) >= 11 is 0. The van der Waals surface area contributed by atoms with Gasteiger partial charge >= 0.3 is 6.03 Å². The molecule has 1 aromatic rings. The van der Waals surface area contributed by atoms with Crippen LogP contribution >= 0.6 is 0 Å². The van der Waals surface area contributed by atoms with Crippen molar-refractivity contribution in [2.24, 2.45) is 5.92 Å². The minimum absolute atomic E-state index is 0.245. The van der Waals surface area contributed by atoms with Crippen LogP contribution in [0.5, 0.6) is 5.75 Å². The van der Waals surface area contributed by atoms with E-state index in [1.54, 1.807) is 7.11 Å². The number of carbonyl (C=O) groups is 2. The Morgan fingerprint density at radius 1 is 1.32 bits per heavy atom. The lowest BCUT2D eigenvalue weighted by atomic mass is 10.0. The van der Waals surface area contributed by atoms with Gasteiger partial charge < -0.3 is 10.1 Å². The van der Waals surface area contributed by atoms with Gasteiger partial charge in [-0.05, 0) is 43.4 Å². The van der Waals surface area contributed by atoms with Gasteiger partial charge in [-0.2, -0.15) is 0 Å². The van der Waals surface area contributed by atoms with Crippen LogP contribution in [0.4, 0.5) is 4.79 Å². The van der Waals surface area contributed by atoms with Crippen molar-refractivity contribution in [1.82, 2.24) is 15.5 Å². The average molecular weight is 347 g/mol. The molecule has 1 heterocycles. The summed E-state index contributed by atoms with van der Waals surface area (Å²) in [6.45, 7) is 5.69. The molecule has 0 bridgehead atoms. The van der Waals surface area contributed by atoms with Crippen molar-refractivity contribution in [3.05, 3.63) is 29.8 Å². The molecule has 1 atom stereocenters. The summed E-state index contributed by atoms with van der Waals surface area (Å²) < 4.78 is 5.42. The molecule has 1 saturated heterocycles. The van der Waals surface area contributed by atoms with Crippen molar-refractivity contribution in [3.8, 4) is 5.75 Å². The van der Waals surface area contributed by atoms with E-state index in [1.807, 2.05) is 32.0 Å². The summed E-state index contributed by atoms with van der Waals surface area (Å²) in [6.07, 6.45) is 2.95. The summed E-state index contributed by atoms with van der Waals surface area (Å²) in [7, 11) is 1.68. The van der Waals surface area contributed by atoms with E-state index in [1.165, 1.54) is 0 Å². The predicted octanol–water partition coefficient (Wildman–Crippen LogP) is 2.18. The molecular formula is C19H29N3O3. The van der Waals surface area contributed by atoms with Crippen LogP contribution in [0.1, 0.15) is 32.3 Å². The van der Waals surface area contributed by atoms with Crippen LogP contribution in [-0.2, 0) is 11.2 Å². The lowest BCUT2D eigenvalue weighted by molar-refractivity contribution is -0.121. The molecule has 0 spiro atoms. The molecule has 25 heavy (non-hydrogen) atoms. The number of amides is 3. The van der Waals surface area contributed by atoms with Crippen LogP contribution in [-0.4, -0.2) is 49.6 Å². The van der Waals surface area contributed by atoms with E-state index < -0.39 is 6.03 Å². The van der Waals surface area contributed by atoms with Gasteiger partial charge in [-0.3, -0.25) is 15.0 Å². The Morgan fingerprint density at radius 2 is 2.08 bits per heavy atom. The Balaban J connectivity index is 1.86. The van der Waals surface area contributed by atoms with E-state index in [2.05, 4.69) is 21.6 Å². The van der Waals surface area contributed by atoms with Gasteiger partial charge in [-0.25, -0.2) is 4.79 Å². The highest BCUT2D eigenvalue weighted by atomic mass is 16.5. The number of hydrogen-bond acceptors (Lipinski definition) is 4. The van der Waals surface area contributed by atoms with Crippen LogP contribution in [0.3, 0.4) is 0 Å². The second-order valence-corrected chi connectivity index (χ2v) is 6.93. The van der Waals surface area contributed by atoms with Gasteiger partial charge in [0.05, 0.1) is 13.7 Å². The number of benzene rings is 1. The first kappa shape index (κ1) is 19.2. The fourth-order valence-corrected chi connectivity index (χ4v) is 3.15. The number of methoxy groups -OCH3 is 1. The van der Waals surface area contributed by atoms with Crippen molar-refractivity contribution in [3.63, 3.8) is 0 Å². The third-order valence-electron chi connectivity index (χ3n) is 4.42.